The molecule has 1 saturated heterocycles. The average Bonchev–Trinajstić information content (AvgIpc) is 2.15. The summed E-state index contributed by atoms with van der Waals surface area (Å²) in [5.41, 5.74) is 0. The Kier molecular flexibility index (Phi) is 4.29. The van der Waals surface area contributed by atoms with Gasteiger partial charge in [0.05, 0.1) is 11.8 Å². The van der Waals surface area contributed by atoms with E-state index in [2.05, 4.69) is 6.58 Å². The zero-order valence-electron chi connectivity index (χ0n) is 10.1. The number of amides is 1. The number of likely N-dealkylation sites (tertiary alicyclic amines) is 1. The lowest BCUT2D eigenvalue weighted by Gasteiger charge is -2.36. The summed E-state index contributed by atoms with van der Waals surface area (Å²) < 4.78 is 18.6. The molecule has 0 aromatic carbocycles. The van der Waals surface area contributed by atoms with E-state index in [0.29, 0.717) is 18.7 Å². The molecule has 5 heteroatoms. The van der Waals surface area contributed by atoms with Crippen molar-refractivity contribution in [1.29, 1.82) is 0 Å². The number of rotatable bonds is 2. The lowest BCUT2D eigenvalue weighted by atomic mass is 10.0. The molecule has 0 saturated carbocycles. The van der Waals surface area contributed by atoms with Crippen molar-refractivity contribution in [1.82, 2.24) is 9.80 Å². The minimum atomic E-state index is -1.03. The predicted molar refractivity (Wildman–Crippen MR) is 59.9 cm³/mol. The van der Waals surface area contributed by atoms with Crippen LogP contribution in [0.4, 0.5) is 9.18 Å². The Balaban J connectivity index is 2.56. The quantitative estimate of drug-likeness (QED) is 0.676. The summed E-state index contributed by atoms with van der Waals surface area (Å²) in [6.07, 6.45) is -0.939. The highest BCUT2D eigenvalue weighted by Crippen LogP contribution is 2.18. The van der Waals surface area contributed by atoms with E-state index < -0.39 is 18.3 Å². The molecular weight excluding hydrogens is 211 g/mol. The highest BCUT2D eigenvalue weighted by atomic mass is 19.1. The highest BCUT2D eigenvalue weighted by Gasteiger charge is 2.33. The van der Waals surface area contributed by atoms with Gasteiger partial charge in [0, 0.05) is 20.1 Å². The largest absolute Gasteiger partial charge is 0.416 e. The van der Waals surface area contributed by atoms with Crippen molar-refractivity contribution in [2.24, 2.45) is 0 Å². The fraction of sp³-hybridized carbons (Fsp3) is 0.727. The van der Waals surface area contributed by atoms with Gasteiger partial charge in [0.2, 0.25) is 0 Å². The monoisotopic (exact) mass is 230 g/mol. The topological polar surface area (TPSA) is 32.8 Å². The molecular formula is C11H19FN2O2. The zero-order valence-corrected chi connectivity index (χ0v) is 10.1. The van der Waals surface area contributed by atoms with E-state index in [0.717, 1.165) is 6.54 Å². The van der Waals surface area contributed by atoms with Crippen molar-refractivity contribution >= 4 is 6.09 Å². The number of allylic oxidation sites excluding steroid dienone is 1. The Hall–Kier alpha value is -1.10. The summed E-state index contributed by atoms with van der Waals surface area (Å²) >= 11 is 0. The number of halogens is 1. The molecule has 0 bridgehead atoms. The molecule has 1 aliphatic heterocycles. The Bertz CT molecular complexity index is 283. The molecule has 1 aliphatic rings. The van der Waals surface area contributed by atoms with Crippen molar-refractivity contribution in [2.45, 2.75) is 25.6 Å². The lowest BCUT2D eigenvalue weighted by Crippen LogP contribution is -2.52. The number of nitrogens with zero attached hydrogens (tertiary/aromatic N) is 2. The number of ether oxygens (including phenoxy) is 1. The zero-order chi connectivity index (χ0) is 12.3. The molecule has 0 radical (unpaired) electrons. The molecule has 0 N–H and O–H groups in total. The molecule has 4 nitrogen and oxygen atoms in total. The van der Waals surface area contributed by atoms with Crippen LogP contribution in [-0.2, 0) is 4.74 Å². The molecule has 2 atom stereocenters. The first-order valence-corrected chi connectivity index (χ1v) is 5.34. The molecule has 0 unspecified atom stereocenters. The van der Waals surface area contributed by atoms with Crippen molar-refractivity contribution in [3.63, 3.8) is 0 Å². The van der Waals surface area contributed by atoms with Gasteiger partial charge in [-0.2, -0.15) is 0 Å². The molecule has 1 heterocycles. The summed E-state index contributed by atoms with van der Waals surface area (Å²) in [7, 11) is 3.43. The lowest BCUT2D eigenvalue weighted by molar-refractivity contribution is 0.0510. The van der Waals surface area contributed by atoms with Gasteiger partial charge in [-0.05, 0) is 20.4 Å². The molecule has 0 aromatic rings. The van der Waals surface area contributed by atoms with Gasteiger partial charge in [0.15, 0.2) is 0 Å². The molecule has 1 amide bonds. The normalized spacial score (nSPS) is 26.2. The van der Waals surface area contributed by atoms with Gasteiger partial charge in [0.1, 0.15) is 6.17 Å². The molecule has 1 rings (SSSR count). The van der Waals surface area contributed by atoms with Gasteiger partial charge in [-0.25, -0.2) is 9.18 Å². The van der Waals surface area contributed by atoms with Crippen LogP contribution >= 0.6 is 0 Å². The third-order valence-corrected chi connectivity index (χ3v) is 2.76. The van der Waals surface area contributed by atoms with Gasteiger partial charge in [-0.3, -0.25) is 0 Å². The van der Waals surface area contributed by atoms with Gasteiger partial charge in [-0.15, -0.1) is 0 Å². The Morgan fingerprint density at radius 3 is 2.75 bits per heavy atom. The maximum atomic E-state index is 13.7. The molecule has 0 aromatic heterocycles. The third kappa shape index (κ3) is 3.20. The first kappa shape index (κ1) is 13.0. The molecule has 92 valence electrons. The minimum Gasteiger partial charge on any atom is -0.416 e. The summed E-state index contributed by atoms with van der Waals surface area (Å²) in [6, 6.07) is -0.400. The number of hydrogen-bond donors (Lipinski definition) is 0. The van der Waals surface area contributed by atoms with Crippen molar-refractivity contribution in [2.75, 3.05) is 27.2 Å². The smallest absolute Gasteiger partial charge is 0.414 e. The summed E-state index contributed by atoms with van der Waals surface area (Å²) in [4.78, 5) is 14.8. The minimum absolute atomic E-state index is 0.320. The Morgan fingerprint density at radius 1 is 1.62 bits per heavy atom. The number of hydrogen-bond acceptors (Lipinski definition) is 3. The second-order valence-corrected chi connectivity index (χ2v) is 4.32. The van der Waals surface area contributed by atoms with Gasteiger partial charge < -0.3 is 14.5 Å². The van der Waals surface area contributed by atoms with E-state index >= 15 is 0 Å². The summed E-state index contributed by atoms with van der Waals surface area (Å²) in [6.45, 7) is 6.22. The van der Waals surface area contributed by atoms with Crippen LogP contribution in [0.25, 0.3) is 0 Å². The fourth-order valence-corrected chi connectivity index (χ4v) is 1.84. The third-order valence-electron chi connectivity index (χ3n) is 2.76. The van der Waals surface area contributed by atoms with Gasteiger partial charge in [0.25, 0.3) is 0 Å². The highest BCUT2D eigenvalue weighted by molar-refractivity contribution is 5.68. The summed E-state index contributed by atoms with van der Waals surface area (Å²) in [5, 5.41) is 0. The SMILES string of the molecule is C=C(C)OC(=O)N(C)[C@H]1CCN(C)C[C@H]1F. The van der Waals surface area contributed by atoms with Gasteiger partial charge >= 0.3 is 6.09 Å². The second-order valence-electron chi connectivity index (χ2n) is 4.32. The van der Waals surface area contributed by atoms with Crippen LogP contribution in [0.5, 0.6) is 0 Å². The maximum absolute atomic E-state index is 13.7. The number of carbonyl (C=O) groups is 1. The maximum Gasteiger partial charge on any atom is 0.414 e. The van der Waals surface area contributed by atoms with E-state index in [1.54, 1.807) is 14.0 Å². The number of alkyl halides is 1. The van der Waals surface area contributed by atoms with Gasteiger partial charge in [-0.1, -0.05) is 6.58 Å². The van der Waals surface area contributed by atoms with E-state index in [-0.39, 0.29) is 0 Å². The second kappa shape index (κ2) is 5.30. The van der Waals surface area contributed by atoms with E-state index in [1.807, 2.05) is 11.9 Å². The molecule has 0 spiro atoms. The van der Waals surface area contributed by atoms with Crippen molar-refractivity contribution < 1.29 is 13.9 Å². The van der Waals surface area contributed by atoms with Crippen LogP contribution in [0, 0.1) is 0 Å². The van der Waals surface area contributed by atoms with E-state index in [4.69, 9.17) is 4.74 Å². The average molecular weight is 230 g/mol. The summed E-state index contributed by atoms with van der Waals surface area (Å²) in [5.74, 6) is 0.320. The molecule has 1 fully saturated rings. The van der Waals surface area contributed by atoms with Crippen molar-refractivity contribution in [3.8, 4) is 0 Å². The Morgan fingerprint density at radius 2 is 2.25 bits per heavy atom. The van der Waals surface area contributed by atoms with Crippen LogP contribution in [0.3, 0.4) is 0 Å². The van der Waals surface area contributed by atoms with Crippen LogP contribution in [-0.4, -0.2) is 55.3 Å². The van der Waals surface area contributed by atoms with E-state index in [1.165, 1.54) is 4.90 Å². The van der Waals surface area contributed by atoms with Crippen LogP contribution in [0.15, 0.2) is 12.3 Å². The fourth-order valence-electron chi connectivity index (χ4n) is 1.84. The Labute approximate surface area is 95.7 Å². The van der Waals surface area contributed by atoms with Crippen LogP contribution < -0.4 is 0 Å². The predicted octanol–water partition coefficient (Wildman–Crippen LogP) is 1.63. The van der Waals surface area contributed by atoms with Crippen LogP contribution in [0.2, 0.25) is 0 Å². The van der Waals surface area contributed by atoms with Crippen molar-refractivity contribution in [3.05, 3.63) is 12.3 Å². The molecule has 16 heavy (non-hydrogen) atoms. The first-order valence-electron chi connectivity index (χ1n) is 5.34. The standard InChI is InChI=1S/C11H19FN2O2/c1-8(2)16-11(15)14(4)10-5-6-13(3)7-9(10)12/h9-10H,1,5-7H2,2-4H3/t9-,10+/m1/s1. The van der Waals surface area contributed by atoms with Crippen LogP contribution in [0.1, 0.15) is 13.3 Å². The molecule has 0 aliphatic carbocycles. The van der Waals surface area contributed by atoms with E-state index in [9.17, 15) is 9.18 Å². The number of piperidine rings is 1. The number of carbonyl (C=O) groups excluding carboxylic acids is 1. The first-order chi connectivity index (χ1) is 7.41.